The first kappa shape index (κ1) is 19.1. The number of rotatable bonds is 4. The predicted molar refractivity (Wildman–Crippen MR) is 80.4 cm³/mol. The number of carbonyl (C=O) groups is 1. The maximum absolute atomic E-state index is 10.5. The van der Waals surface area contributed by atoms with Crippen molar-refractivity contribution >= 4 is 13.2 Å². The molecule has 1 N–H and O–H groups in total. The van der Waals surface area contributed by atoms with Gasteiger partial charge in [0, 0.05) is 0 Å². The van der Waals surface area contributed by atoms with E-state index in [9.17, 15) is 4.79 Å². The summed E-state index contributed by atoms with van der Waals surface area (Å²) in [4.78, 5) is 10.5. The Hall–Kier alpha value is -1.25. The smallest absolute Gasteiger partial charge is 0.306 e. The van der Waals surface area contributed by atoms with Crippen molar-refractivity contribution in [1.29, 1.82) is 0 Å². The summed E-state index contributed by atoms with van der Waals surface area (Å²) in [5.41, 5.74) is 1.20. The molecule has 0 amide bonds. The van der Waals surface area contributed by atoms with Gasteiger partial charge in [0.05, 0.1) is 5.92 Å². The quantitative estimate of drug-likeness (QED) is 0.814. The van der Waals surface area contributed by atoms with E-state index in [2.05, 4.69) is 0 Å². The maximum Gasteiger partial charge on any atom is 0.306 e. The summed E-state index contributed by atoms with van der Waals surface area (Å²) in [6.07, 6.45) is 1.55. The zero-order valence-corrected chi connectivity index (χ0v) is 12.3. The van der Waals surface area contributed by atoms with Crippen LogP contribution in [0.3, 0.4) is 0 Å². The molecule has 101 valence electrons. The van der Waals surface area contributed by atoms with Gasteiger partial charge < -0.3 is 5.11 Å². The molecule has 0 heterocycles. The van der Waals surface area contributed by atoms with E-state index in [0.717, 1.165) is 6.42 Å². The van der Waals surface area contributed by atoms with Gasteiger partial charge in [-0.05, 0) is 18.4 Å². The van der Waals surface area contributed by atoms with Gasteiger partial charge in [-0.3, -0.25) is 4.79 Å². The average Bonchev–Trinajstić information content (AvgIpc) is 2.40. The van der Waals surface area contributed by atoms with Crippen molar-refractivity contribution in [3.05, 3.63) is 35.9 Å². The Labute approximate surface area is 113 Å². The van der Waals surface area contributed by atoms with E-state index in [1.165, 1.54) is 5.56 Å². The molecule has 1 aromatic carbocycles. The second kappa shape index (κ2) is 13.8. The average molecular weight is 249 g/mol. The largest absolute Gasteiger partial charge is 0.481 e. The molecule has 1 rings (SSSR count). The molecule has 0 bridgehead atoms. The van der Waals surface area contributed by atoms with Gasteiger partial charge in [0.1, 0.15) is 7.28 Å². The lowest BCUT2D eigenvalue weighted by Gasteiger charge is -2.05. The van der Waals surface area contributed by atoms with E-state index >= 15 is 0 Å². The third-order valence-corrected chi connectivity index (χ3v) is 2.13. The topological polar surface area (TPSA) is 37.3 Å². The minimum absolute atomic E-state index is 0.250. The standard InChI is InChI=1S/C11H14O2.C2H6B.C2H6/c1-9(11(12)13)7-8-10-5-3-2-4-6-10;1-3-2;1-2/h2-6,9H,7-8H2,1H3,(H,12,13);1-2H3;1-2H3/t9-;;/m1../s1. The van der Waals surface area contributed by atoms with Crippen LogP contribution < -0.4 is 0 Å². The van der Waals surface area contributed by atoms with Crippen LogP contribution in [-0.2, 0) is 11.2 Å². The van der Waals surface area contributed by atoms with Crippen LogP contribution in [0.25, 0.3) is 0 Å². The first-order chi connectivity index (χ1) is 8.61. The summed E-state index contributed by atoms with van der Waals surface area (Å²) in [5.74, 6) is -0.962. The van der Waals surface area contributed by atoms with E-state index in [0.29, 0.717) is 6.42 Å². The summed E-state index contributed by atoms with van der Waals surface area (Å²) in [6.45, 7) is 9.74. The summed E-state index contributed by atoms with van der Waals surface area (Å²) < 4.78 is 0. The Bertz CT molecular complexity index is 286. The second-order valence-corrected chi connectivity index (χ2v) is 3.84. The van der Waals surface area contributed by atoms with E-state index in [-0.39, 0.29) is 5.92 Å². The van der Waals surface area contributed by atoms with Gasteiger partial charge in [-0.25, -0.2) is 0 Å². The van der Waals surface area contributed by atoms with E-state index < -0.39 is 5.97 Å². The zero-order chi connectivity index (χ0) is 14.4. The van der Waals surface area contributed by atoms with Crippen LogP contribution in [0.5, 0.6) is 0 Å². The minimum atomic E-state index is -0.712. The Balaban J connectivity index is 0. The minimum Gasteiger partial charge on any atom is -0.481 e. The van der Waals surface area contributed by atoms with Gasteiger partial charge in [0.25, 0.3) is 0 Å². The molecule has 18 heavy (non-hydrogen) atoms. The molecule has 0 spiro atoms. The molecule has 0 unspecified atom stereocenters. The predicted octanol–water partition coefficient (Wildman–Crippen LogP) is 4.15. The number of aryl methyl sites for hydroxylation is 1. The number of carboxylic acids is 1. The fourth-order valence-electron chi connectivity index (χ4n) is 1.15. The normalized spacial score (nSPS) is 10.1. The molecule has 0 aliphatic heterocycles. The number of benzene rings is 1. The fraction of sp³-hybridized carbons (Fsp3) is 0.533. The lowest BCUT2D eigenvalue weighted by molar-refractivity contribution is -0.141. The summed E-state index contributed by atoms with van der Waals surface area (Å²) >= 11 is 0. The van der Waals surface area contributed by atoms with Gasteiger partial charge >= 0.3 is 5.97 Å². The highest BCUT2D eigenvalue weighted by atomic mass is 16.4. The molecule has 0 saturated heterocycles. The lowest BCUT2D eigenvalue weighted by Crippen LogP contribution is -2.10. The monoisotopic (exact) mass is 249 g/mol. The van der Waals surface area contributed by atoms with Gasteiger partial charge in [-0.15, -0.1) is 0 Å². The number of carboxylic acid groups (broad SMARTS) is 1. The van der Waals surface area contributed by atoms with Gasteiger partial charge in [0.2, 0.25) is 0 Å². The Morgan fingerprint density at radius 2 is 1.67 bits per heavy atom. The molecule has 3 heteroatoms. The third kappa shape index (κ3) is 11.2. The second-order valence-electron chi connectivity index (χ2n) is 3.84. The van der Waals surface area contributed by atoms with Crippen molar-refractivity contribution in [3.8, 4) is 0 Å². The molecule has 2 nitrogen and oxygen atoms in total. The van der Waals surface area contributed by atoms with Gasteiger partial charge in [-0.1, -0.05) is 64.7 Å². The van der Waals surface area contributed by atoms with Crippen molar-refractivity contribution in [2.24, 2.45) is 5.92 Å². The maximum atomic E-state index is 10.5. The van der Waals surface area contributed by atoms with Gasteiger partial charge in [-0.2, -0.15) is 0 Å². The SMILES string of the molecule is CC.C[B]C.C[C@H](CCc1ccccc1)C(=O)O. The molecule has 1 aromatic rings. The summed E-state index contributed by atoms with van der Waals surface area (Å²) in [6, 6.07) is 9.95. The van der Waals surface area contributed by atoms with Crippen LogP contribution in [0, 0.1) is 5.92 Å². The van der Waals surface area contributed by atoms with Crippen LogP contribution in [-0.4, -0.2) is 18.4 Å². The van der Waals surface area contributed by atoms with E-state index in [1.54, 1.807) is 6.92 Å². The molecule has 0 fully saturated rings. The van der Waals surface area contributed by atoms with Crippen molar-refractivity contribution in [1.82, 2.24) is 0 Å². The van der Waals surface area contributed by atoms with E-state index in [1.807, 2.05) is 65.1 Å². The summed E-state index contributed by atoms with van der Waals surface area (Å²) in [5, 5.41) is 8.66. The fourth-order valence-corrected chi connectivity index (χ4v) is 1.15. The lowest BCUT2D eigenvalue weighted by atomic mass is 9.88. The number of hydrogen-bond acceptors (Lipinski definition) is 1. The number of aliphatic carboxylic acids is 1. The highest BCUT2D eigenvalue weighted by Gasteiger charge is 2.09. The van der Waals surface area contributed by atoms with Crippen LogP contribution in [0.2, 0.25) is 13.6 Å². The molecule has 0 aromatic heterocycles. The molecule has 0 aliphatic carbocycles. The van der Waals surface area contributed by atoms with Crippen LogP contribution in [0.4, 0.5) is 0 Å². The van der Waals surface area contributed by atoms with Crippen molar-refractivity contribution in [2.45, 2.75) is 47.3 Å². The van der Waals surface area contributed by atoms with Crippen LogP contribution in [0.1, 0.15) is 32.8 Å². The third-order valence-electron chi connectivity index (χ3n) is 2.13. The van der Waals surface area contributed by atoms with Crippen LogP contribution >= 0.6 is 0 Å². The molecule has 1 radical (unpaired) electrons. The first-order valence-corrected chi connectivity index (χ1v) is 6.62. The van der Waals surface area contributed by atoms with Gasteiger partial charge in [0.15, 0.2) is 0 Å². The Morgan fingerprint density at radius 1 is 1.22 bits per heavy atom. The molecule has 1 atom stereocenters. The van der Waals surface area contributed by atoms with E-state index in [4.69, 9.17) is 5.11 Å². The highest BCUT2D eigenvalue weighted by Crippen LogP contribution is 2.09. The first-order valence-electron chi connectivity index (χ1n) is 6.62. The summed E-state index contributed by atoms with van der Waals surface area (Å²) in [7, 11) is 2.00. The Morgan fingerprint density at radius 3 is 2.06 bits per heavy atom. The number of hydrogen-bond donors (Lipinski definition) is 1. The molecule has 0 aliphatic rings. The Kier molecular flexibility index (Phi) is 14.7. The van der Waals surface area contributed by atoms with Crippen molar-refractivity contribution < 1.29 is 9.90 Å². The van der Waals surface area contributed by atoms with Crippen molar-refractivity contribution in [3.63, 3.8) is 0 Å². The molecular formula is C15H26BO2. The van der Waals surface area contributed by atoms with Crippen molar-refractivity contribution in [2.75, 3.05) is 0 Å². The van der Waals surface area contributed by atoms with Crippen LogP contribution in [0.15, 0.2) is 30.3 Å². The molecular weight excluding hydrogens is 223 g/mol. The zero-order valence-electron chi connectivity index (χ0n) is 12.3. The molecule has 0 saturated carbocycles. The highest BCUT2D eigenvalue weighted by molar-refractivity contribution is 6.31.